The van der Waals surface area contributed by atoms with Gasteiger partial charge in [-0.15, -0.1) is 0 Å². The monoisotopic (exact) mass is 341 g/mol. The molecule has 4 nitrogen and oxygen atoms in total. The summed E-state index contributed by atoms with van der Waals surface area (Å²) in [6.45, 7) is 1.82. The van der Waals surface area contributed by atoms with Crippen LogP contribution in [0.5, 0.6) is 0 Å². The van der Waals surface area contributed by atoms with Crippen LogP contribution < -0.4 is 51.4 Å². The van der Waals surface area contributed by atoms with Crippen molar-refractivity contribution in [3.05, 3.63) is 53.4 Å². The Morgan fingerprint density at radius 2 is 1.96 bits per heavy atom. The van der Waals surface area contributed by atoms with Gasteiger partial charge in [-0.2, -0.15) is 5.10 Å². The van der Waals surface area contributed by atoms with E-state index < -0.39 is 11.6 Å². The molecule has 0 aliphatic heterocycles. The van der Waals surface area contributed by atoms with E-state index in [9.17, 15) is 13.6 Å². The number of carbonyl (C=O) groups is 1. The Labute approximate surface area is 175 Å². The second-order valence-electron chi connectivity index (χ2n) is 4.95. The maximum Gasteiger partial charge on any atom is 1.00 e. The Hall–Kier alpha value is -1.12. The van der Waals surface area contributed by atoms with Crippen LogP contribution in [0.25, 0.3) is 22.8 Å². The number of aldehydes is 1. The Morgan fingerprint density at radius 1 is 1.26 bits per heavy atom. The summed E-state index contributed by atoms with van der Waals surface area (Å²) in [6.07, 6.45) is 5.42. The normalized spacial score (nSPS) is 11.1. The summed E-state index contributed by atoms with van der Waals surface area (Å²) in [6, 6.07) is 4.01. The number of benzene rings is 1. The van der Waals surface area contributed by atoms with Crippen LogP contribution in [0.1, 0.15) is 12.7 Å². The molecule has 0 N–H and O–H groups in total. The van der Waals surface area contributed by atoms with E-state index in [0.717, 1.165) is 23.4 Å². The average molecular weight is 341 g/mol. The van der Waals surface area contributed by atoms with Gasteiger partial charge in [0.25, 0.3) is 0 Å². The quantitative estimate of drug-likeness (QED) is 0.390. The molecule has 23 heavy (non-hydrogen) atoms. The fourth-order valence-electron chi connectivity index (χ4n) is 2.59. The largest absolute Gasteiger partial charge is 1.00 e. The molecule has 0 fully saturated rings. The first-order valence-electron chi connectivity index (χ1n) is 6.65. The van der Waals surface area contributed by atoms with Crippen molar-refractivity contribution in [3.63, 3.8) is 0 Å². The molecular weight excluding hydrogens is 327 g/mol. The number of allylic oxidation sites excluding steroid dienone is 1. The maximum atomic E-state index is 13.6. The second-order valence-corrected chi connectivity index (χ2v) is 4.95. The number of halogens is 2. The Morgan fingerprint density at radius 3 is 2.65 bits per heavy atom. The van der Waals surface area contributed by atoms with Crippen LogP contribution in [0, 0.1) is 18.6 Å². The Bertz CT molecular complexity index is 918. The van der Waals surface area contributed by atoms with Crippen LogP contribution >= 0.6 is 0 Å². The van der Waals surface area contributed by atoms with Crippen molar-refractivity contribution in [1.29, 1.82) is 0 Å². The van der Waals surface area contributed by atoms with E-state index in [0.29, 0.717) is 23.0 Å². The summed E-state index contributed by atoms with van der Waals surface area (Å²) in [4.78, 5) is 10.6. The molecule has 0 radical (unpaired) electrons. The predicted molar refractivity (Wildman–Crippen MR) is 80.9 cm³/mol. The SMILES string of the molecule is Cc1nn(C)c(-n2ccc3cc(F)c(F)cc32)c1/C=C/C=O.[H-].[K+]. The van der Waals surface area contributed by atoms with Gasteiger partial charge in [-0.25, -0.2) is 8.78 Å². The van der Waals surface area contributed by atoms with Crippen molar-refractivity contribution < 1.29 is 66.4 Å². The zero-order chi connectivity index (χ0) is 15.9. The third kappa shape index (κ3) is 3.25. The van der Waals surface area contributed by atoms with Crippen LogP contribution in [0.15, 0.2) is 30.5 Å². The molecule has 3 aromatic rings. The van der Waals surface area contributed by atoms with Crippen LogP contribution in [0.2, 0.25) is 0 Å². The third-order valence-corrected chi connectivity index (χ3v) is 3.54. The van der Waals surface area contributed by atoms with Crippen LogP contribution in [0.3, 0.4) is 0 Å². The van der Waals surface area contributed by atoms with E-state index in [4.69, 9.17) is 0 Å². The van der Waals surface area contributed by atoms with Crippen molar-refractivity contribution in [2.75, 3.05) is 0 Å². The fraction of sp³-hybridized carbons (Fsp3) is 0.125. The molecule has 2 heterocycles. The van der Waals surface area contributed by atoms with Crippen molar-refractivity contribution >= 4 is 23.3 Å². The predicted octanol–water partition coefficient (Wildman–Crippen LogP) is 0.279. The average Bonchev–Trinajstić information content (AvgIpc) is 2.98. The van der Waals surface area contributed by atoms with Gasteiger partial charge in [-0.1, -0.05) is 0 Å². The van der Waals surface area contributed by atoms with Crippen LogP contribution in [-0.2, 0) is 11.8 Å². The molecule has 0 spiro atoms. The van der Waals surface area contributed by atoms with E-state index in [-0.39, 0.29) is 52.8 Å². The summed E-state index contributed by atoms with van der Waals surface area (Å²) in [5.41, 5.74) is 2.01. The van der Waals surface area contributed by atoms with Gasteiger partial charge in [0.1, 0.15) is 12.1 Å². The van der Waals surface area contributed by atoms with Crippen molar-refractivity contribution in [2.24, 2.45) is 7.05 Å². The second kappa shape index (κ2) is 7.19. The van der Waals surface area contributed by atoms with Gasteiger partial charge in [-0.3, -0.25) is 9.48 Å². The first-order valence-corrected chi connectivity index (χ1v) is 6.65. The molecular formula is C16H14F2KN3O. The molecule has 7 heteroatoms. The van der Waals surface area contributed by atoms with Gasteiger partial charge in [0.05, 0.1) is 11.2 Å². The standard InChI is InChI=1S/C16H13F2N3O.K.H/c1-10-12(4-3-7-22)16(20(2)19-10)21-6-5-11-8-13(17)14(18)9-15(11)21;;/h3-9H,1-2H3;;/q;+1;-1/b4-3+;;. The number of hydrogen-bond acceptors (Lipinski definition) is 2. The van der Waals surface area contributed by atoms with Gasteiger partial charge >= 0.3 is 51.4 Å². The van der Waals surface area contributed by atoms with Gasteiger partial charge in [0, 0.05) is 30.3 Å². The smallest absolute Gasteiger partial charge is 1.00 e. The Kier molecular flexibility index (Phi) is 5.69. The minimum absolute atomic E-state index is 0. The molecule has 0 bridgehead atoms. The van der Waals surface area contributed by atoms with Crippen molar-refractivity contribution in [1.82, 2.24) is 14.3 Å². The van der Waals surface area contributed by atoms with E-state index in [1.807, 2.05) is 6.92 Å². The molecule has 0 aliphatic carbocycles. The summed E-state index contributed by atoms with van der Waals surface area (Å²) < 4.78 is 30.3. The van der Waals surface area contributed by atoms with Gasteiger partial charge < -0.3 is 5.99 Å². The zero-order valence-electron chi connectivity index (χ0n) is 14.0. The maximum absolute atomic E-state index is 13.6. The third-order valence-electron chi connectivity index (χ3n) is 3.54. The first-order chi connectivity index (χ1) is 10.5. The van der Waals surface area contributed by atoms with Crippen molar-refractivity contribution in [3.8, 4) is 5.82 Å². The molecule has 0 saturated carbocycles. The molecule has 2 aromatic heterocycles. The van der Waals surface area contributed by atoms with E-state index in [1.165, 1.54) is 6.08 Å². The molecule has 1 aromatic carbocycles. The molecule has 0 amide bonds. The number of rotatable bonds is 3. The Balaban J connectivity index is 0.00000144. The number of aromatic nitrogens is 3. The number of fused-ring (bicyclic) bond motifs is 1. The summed E-state index contributed by atoms with van der Waals surface area (Å²) in [7, 11) is 1.76. The van der Waals surface area contributed by atoms with Crippen LogP contribution in [0.4, 0.5) is 8.78 Å². The molecule has 114 valence electrons. The molecule has 0 saturated heterocycles. The molecule has 0 aliphatic rings. The molecule has 3 rings (SSSR count). The van der Waals surface area contributed by atoms with Gasteiger partial charge in [0.15, 0.2) is 11.6 Å². The molecule has 0 unspecified atom stereocenters. The van der Waals surface area contributed by atoms with E-state index in [1.54, 1.807) is 34.6 Å². The zero-order valence-corrected chi connectivity index (χ0v) is 16.2. The van der Waals surface area contributed by atoms with Gasteiger partial charge in [-0.05, 0) is 31.2 Å². The van der Waals surface area contributed by atoms with Gasteiger partial charge in [0.2, 0.25) is 0 Å². The topological polar surface area (TPSA) is 39.8 Å². The summed E-state index contributed by atoms with van der Waals surface area (Å²) >= 11 is 0. The summed E-state index contributed by atoms with van der Waals surface area (Å²) in [5.74, 6) is -1.11. The van der Waals surface area contributed by atoms with E-state index >= 15 is 0 Å². The number of hydrogen-bond donors (Lipinski definition) is 0. The molecule has 0 atom stereocenters. The van der Waals surface area contributed by atoms with Crippen LogP contribution in [-0.4, -0.2) is 20.6 Å². The summed E-state index contributed by atoms with van der Waals surface area (Å²) in [5, 5.41) is 4.91. The minimum Gasteiger partial charge on any atom is -1.00 e. The number of aryl methyl sites for hydroxylation is 2. The number of nitrogens with zero attached hydrogens (tertiary/aromatic N) is 3. The van der Waals surface area contributed by atoms with E-state index in [2.05, 4.69) is 5.10 Å². The van der Waals surface area contributed by atoms with Crippen molar-refractivity contribution in [2.45, 2.75) is 6.92 Å². The first kappa shape index (κ1) is 18.2. The number of carbonyl (C=O) groups excluding carboxylic acids is 1. The minimum atomic E-state index is -0.906. The fourth-order valence-corrected chi connectivity index (χ4v) is 2.59.